The van der Waals surface area contributed by atoms with Gasteiger partial charge in [-0.3, -0.25) is 9.78 Å². The van der Waals surface area contributed by atoms with E-state index in [0.29, 0.717) is 11.2 Å². The second kappa shape index (κ2) is 5.56. The molecule has 0 unspecified atom stereocenters. The number of carbonyl (C=O) groups is 1. The number of carbonyl (C=O) groups excluding carboxylic acids is 1. The molecule has 3 aromatic rings. The molecule has 0 atom stereocenters. The second-order valence-electron chi connectivity index (χ2n) is 5.27. The van der Waals surface area contributed by atoms with Gasteiger partial charge in [-0.1, -0.05) is 24.3 Å². The van der Waals surface area contributed by atoms with Gasteiger partial charge in [-0.2, -0.15) is 0 Å². The average molecular weight is 294 g/mol. The molecule has 1 aromatic heterocycles. The van der Waals surface area contributed by atoms with Crippen LogP contribution >= 0.6 is 0 Å². The van der Waals surface area contributed by atoms with E-state index in [0.717, 1.165) is 16.6 Å². The number of hydrogen-bond acceptors (Lipinski definition) is 2. The zero-order chi connectivity index (χ0) is 15.7. The van der Waals surface area contributed by atoms with Crippen LogP contribution in [0, 0.1) is 19.7 Å². The number of aryl methyl sites for hydroxylation is 2. The quantitative estimate of drug-likeness (QED) is 0.768. The lowest BCUT2D eigenvalue weighted by Crippen LogP contribution is -2.14. The number of aromatic nitrogens is 1. The third-order valence-corrected chi connectivity index (χ3v) is 3.48. The summed E-state index contributed by atoms with van der Waals surface area (Å²) in [5.41, 5.74) is 2.93. The fourth-order valence-electron chi connectivity index (χ4n) is 2.34. The van der Waals surface area contributed by atoms with E-state index >= 15 is 0 Å². The number of hydrogen-bond donors (Lipinski definition) is 1. The highest BCUT2D eigenvalue weighted by Crippen LogP contribution is 2.23. The van der Waals surface area contributed by atoms with E-state index in [4.69, 9.17) is 0 Å². The number of anilines is 1. The number of para-hydroxylation sites is 1. The summed E-state index contributed by atoms with van der Waals surface area (Å²) >= 11 is 0. The van der Waals surface area contributed by atoms with Gasteiger partial charge in [-0.15, -0.1) is 0 Å². The van der Waals surface area contributed by atoms with Crippen LogP contribution in [0.3, 0.4) is 0 Å². The lowest BCUT2D eigenvalue weighted by molar-refractivity contribution is 0.102. The molecule has 0 saturated heterocycles. The topological polar surface area (TPSA) is 42.0 Å². The van der Waals surface area contributed by atoms with Crippen LogP contribution in [-0.2, 0) is 0 Å². The molecule has 110 valence electrons. The first-order chi connectivity index (χ1) is 10.5. The molecule has 0 aliphatic heterocycles. The molecule has 0 aliphatic carbocycles. The molecular formula is C18H15FN2O. The highest BCUT2D eigenvalue weighted by molar-refractivity contribution is 6.08. The van der Waals surface area contributed by atoms with Crippen molar-refractivity contribution in [3.05, 3.63) is 71.2 Å². The van der Waals surface area contributed by atoms with Crippen LogP contribution in [0.5, 0.6) is 0 Å². The largest absolute Gasteiger partial charge is 0.320 e. The zero-order valence-electron chi connectivity index (χ0n) is 12.4. The molecule has 1 N–H and O–H groups in total. The minimum Gasteiger partial charge on any atom is -0.320 e. The summed E-state index contributed by atoms with van der Waals surface area (Å²) in [5.74, 6) is -1.00. The summed E-state index contributed by atoms with van der Waals surface area (Å²) in [6.45, 7) is 3.67. The maximum atomic E-state index is 13.9. The van der Waals surface area contributed by atoms with Crippen molar-refractivity contribution < 1.29 is 9.18 Å². The zero-order valence-corrected chi connectivity index (χ0v) is 12.4. The number of fused-ring (bicyclic) bond motifs is 1. The first-order valence-corrected chi connectivity index (χ1v) is 6.98. The number of pyridine rings is 1. The minimum absolute atomic E-state index is 0.0234. The first kappa shape index (κ1) is 14.2. The smallest absolute Gasteiger partial charge is 0.258 e. The Morgan fingerprint density at radius 1 is 1.09 bits per heavy atom. The Balaban J connectivity index is 1.99. The van der Waals surface area contributed by atoms with Gasteiger partial charge in [0.25, 0.3) is 5.91 Å². The van der Waals surface area contributed by atoms with Gasteiger partial charge in [-0.25, -0.2) is 4.39 Å². The fraction of sp³-hybridized carbons (Fsp3) is 0.111. The maximum Gasteiger partial charge on any atom is 0.258 e. The predicted molar refractivity (Wildman–Crippen MR) is 85.6 cm³/mol. The van der Waals surface area contributed by atoms with Crippen molar-refractivity contribution in [3.63, 3.8) is 0 Å². The van der Waals surface area contributed by atoms with E-state index in [1.165, 1.54) is 12.1 Å². The van der Waals surface area contributed by atoms with E-state index in [1.54, 1.807) is 19.1 Å². The maximum absolute atomic E-state index is 13.9. The average Bonchev–Trinajstić information content (AvgIpc) is 2.47. The van der Waals surface area contributed by atoms with Crippen molar-refractivity contribution in [1.82, 2.24) is 4.98 Å². The van der Waals surface area contributed by atoms with E-state index in [9.17, 15) is 9.18 Å². The number of benzene rings is 2. The number of rotatable bonds is 2. The number of halogens is 1. The summed E-state index contributed by atoms with van der Waals surface area (Å²) in [4.78, 5) is 16.7. The van der Waals surface area contributed by atoms with Crippen LogP contribution in [0.25, 0.3) is 10.9 Å². The molecule has 4 heteroatoms. The van der Waals surface area contributed by atoms with E-state index < -0.39 is 11.7 Å². The van der Waals surface area contributed by atoms with Crippen molar-refractivity contribution in [2.75, 3.05) is 5.32 Å². The molecule has 0 aliphatic rings. The Bertz CT molecular complexity index is 874. The molecule has 0 spiro atoms. The number of nitrogens with one attached hydrogen (secondary N) is 1. The molecule has 0 bridgehead atoms. The molecular weight excluding hydrogens is 279 g/mol. The van der Waals surface area contributed by atoms with E-state index in [2.05, 4.69) is 10.3 Å². The van der Waals surface area contributed by atoms with Crippen LogP contribution in [0.15, 0.2) is 48.5 Å². The molecule has 2 aromatic carbocycles. The van der Waals surface area contributed by atoms with Gasteiger partial charge in [0.1, 0.15) is 5.82 Å². The molecule has 0 radical (unpaired) electrons. The third-order valence-electron chi connectivity index (χ3n) is 3.48. The summed E-state index contributed by atoms with van der Waals surface area (Å²) in [6, 6.07) is 13.9. The molecule has 0 fully saturated rings. The van der Waals surface area contributed by atoms with Crippen molar-refractivity contribution in [2.45, 2.75) is 13.8 Å². The monoisotopic (exact) mass is 294 g/mol. The van der Waals surface area contributed by atoms with Crippen LogP contribution in [0.1, 0.15) is 21.6 Å². The highest BCUT2D eigenvalue weighted by atomic mass is 19.1. The minimum atomic E-state index is -0.526. The lowest BCUT2D eigenvalue weighted by Gasteiger charge is -2.09. The van der Waals surface area contributed by atoms with Gasteiger partial charge < -0.3 is 5.32 Å². The standard InChI is InChI=1S/C18H15FN2O/c1-11-6-9-14(15(19)10-11)18(22)21-16-5-3-4-13-8-7-12(2)20-17(13)16/h3-10H,1-2H3,(H,21,22). The van der Waals surface area contributed by atoms with Gasteiger partial charge in [-0.05, 0) is 43.7 Å². The van der Waals surface area contributed by atoms with Crippen molar-refractivity contribution in [3.8, 4) is 0 Å². The van der Waals surface area contributed by atoms with Gasteiger partial charge in [0.05, 0.1) is 16.8 Å². The van der Waals surface area contributed by atoms with E-state index in [-0.39, 0.29) is 5.56 Å². The van der Waals surface area contributed by atoms with Crippen LogP contribution in [-0.4, -0.2) is 10.9 Å². The Morgan fingerprint density at radius 3 is 2.68 bits per heavy atom. The van der Waals surface area contributed by atoms with Crippen molar-refractivity contribution in [2.24, 2.45) is 0 Å². The second-order valence-corrected chi connectivity index (χ2v) is 5.27. The fourth-order valence-corrected chi connectivity index (χ4v) is 2.34. The van der Waals surface area contributed by atoms with Gasteiger partial charge in [0, 0.05) is 11.1 Å². The first-order valence-electron chi connectivity index (χ1n) is 6.98. The molecule has 1 amide bonds. The summed E-state index contributed by atoms with van der Waals surface area (Å²) in [7, 11) is 0. The van der Waals surface area contributed by atoms with Crippen molar-refractivity contribution >= 4 is 22.5 Å². The predicted octanol–water partition coefficient (Wildman–Crippen LogP) is 4.24. The van der Waals surface area contributed by atoms with Gasteiger partial charge in [0.2, 0.25) is 0 Å². The summed E-state index contributed by atoms with van der Waals surface area (Å²) in [6.07, 6.45) is 0. The van der Waals surface area contributed by atoms with Crippen LogP contribution in [0.4, 0.5) is 10.1 Å². The Hall–Kier alpha value is -2.75. The number of nitrogens with zero attached hydrogens (tertiary/aromatic N) is 1. The summed E-state index contributed by atoms with van der Waals surface area (Å²) in [5, 5.41) is 3.67. The molecule has 0 saturated carbocycles. The Labute approximate surface area is 127 Å². The van der Waals surface area contributed by atoms with Crippen LogP contribution in [0.2, 0.25) is 0 Å². The number of amides is 1. The highest BCUT2D eigenvalue weighted by Gasteiger charge is 2.13. The summed E-state index contributed by atoms with van der Waals surface area (Å²) < 4.78 is 13.9. The van der Waals surface area contributed by atoms with E-state index in [1.807, 2.05) is 31.2 Å². The van der Waals surface area contributed by atoms with Gasteiger partial charge in [0.15, 0.2) is 0 Å². The van der Waals surface area contributed by atoms with Crippen LogP contribution < -0.4 is 5.32 Å². The molecule has 3 nitrogen and oxygen atoms in total. The Kier molecular flexibility index (Phi) is 3.59. The third kappa shape index (κ3) is 2.68. The van der Waals surface area contributed by atoms with Gasteiger partial charge >= 0.3 is 0 Å². The molecule has 1 heterocycles. The lowest BCUT2D eigenvalue weighted by atomic mass is 10.1. The Morgan fingerprint density at radius 2 is 1.91 bits per heavy atom. The normalized spacial score (nSPS) is 10.7. The van der Waals surface area contributed by atoms with Crippen molar-refractivity contribution in [1.29, 1.82) is 0 Å². The molecule has 3 rings (SSSR count). The SMILES string of the molecule is Cc1ccc(C(=O)Nc2cccc3ccc(C)nc23)c(F)c1. The molecule has 22 heavy (non-hydrogen) atoms.